The molecule has 10 heteroatoms. The molecule has 0 atom stereocenters. The lowest BCUT2D eigenvalue weighted by Crippen LogP contribution is -2.25. The molecule has 0 radical (unpaired) electrons. The Hall–Kier alpha value is -2.88. The van der Waals surface area contributed by atoms with Crippen LogP contribution in [0.3, 0.4) is 0 Å². The lowest BCUT2D eigenvalue weighted by atomic mass is 10.2. The van der Waals surface area contributed by atoms with Crippen molar-refractivity contribution >= 4 is 11.9 Å². The average molecular weight is 385 g/mol. The third kappa shape index (κ3) is 4.85. The fourth-order valence-electron chi connectivity index (χ4n) is 2.31. The van der Waals surface area contributed by atoms with Crippen LogP contribution in [0.15, 0.2) is 30.5 Å². The van der Waals surface area contributed by atoms with Crippen LogP contribution in [0.5, 0.6) is 0 Å². The molecule has 7 nitrogen and oxygen atoms in total. The predicted octanol–water partition coefficient (Wildman–Crippen LogP) is 2.18. The van der Waals surface area contributed by atoms with E-state index in [1.165, 1.54) is 31.2 Å². The first-order valence-corrected chi connectivity index (χ1v) is 8.11. The number of aromatic nitrogens is 2. The van der Waals surface area contributed by atoms with Crippen LogP contribution in [0.2, 0.25) is 0 Å². The second-order valence-corrected chi connectivity index (χ2v) is 5.42. The number of benzene rings is 1. The van der Waals surface area contributed by atoms with Gasteiger partial charge in [0.1, 0.15) is 5.56 Å². The molecule has 0 aliphatic rings. The number of esters is 1. The van der Waals surface area contributed by atoms with E-state index in [0.29, 0.717) is 11.1 Å². The Morgan fingerprint density at radius 2 is 1.93 bits per heavy atom. The van der Waals surface area contributed by atoms with Gasteiger partial charge in [0, 0.05) is 18.7 Å². The number of hydrogen-bond donors (Lipinski definition) is 2. The van der Waals surface area contributed by atoms with Crippen LogP contribution in [0.25, 0.3) is 5.69 Å². The molecule has 2 N–H and O–H groups in total. The molecule has 1 amide bonds. The van der Waals surface area contributed by atoms with Gasteiger partial charge in [-0.25, -0.2) is 9.48 Å². The van der Waals surface area contributed by atoms with Crippen LogP contribution in [0, 0.1) is 0 Å². The highest BCUT2D eigenvalue weighted by atomic mass is 19.4. The van der Waals surface area contributed by atoms with Gasteiger partial charge in [-0.2, -0.15) is 18.3 Å². The zero-order valence-electron chi connectivity index (χ0n) is 14.4. The number of nitrogens with one attached hydrogen (secondary N) is 1. The third-order valence-corrected chi connectivity index (χ3v) is 3.53. The molecule has 27 heavy (non-hydrogen) atoms. The number of carbonyl (C=O) groups is 2. The number of halogens is 3. The average Bonchev–Trinajstić information content (AvgIpc) is 3.08. The summed E-state index contributed by atoms with van der Waals surface area (Å²) in [6.07, 6.45) is -3.64. The number of aliphatic hydroxyl groups is 1. The van der Waals surface area contributed by atoms with Crippen molar-refractivity contribution in [1.82, 2.24) is 15.1 Å². The summed E-state index contributed by atoms with van der Waals surface area (Å²) < 4.78 is 45.6. The zero-order valence-corrected chi connectivity index (χ0v) is 14.4. The van der Waals surface area contributed by atoms with Crippen molar-refractivity contribution in [3.63, 3.8) is 0 Å². The van der Waals surface area contributed by atoms with Gasteiger partial charge in [-0.1, -0.05) is 0 Å². The lowest BCUT2D eigenvalue weighted by molar-refractivity contribution is -0.143. The Kier molecular flexibility index (Phi) is 6.56. The van der Waals surface area contributed by atoms with E-state index in [9.17, 15) is 22.8 Å². The second-order valence-electron chi connectivity index (χ2n) is 5.42. The second kappa shape index (κ2) is 8.67. The van der Waals surface area contributed by atoms with Crippen LogP contribution in [-0.4, -0.2) is 46.5 Å². The van der Waals surface area contributed by atoms with Crippen LogP contribution in [-0.2, 0) is 10.9 Å². The van der Waals surface area contributed by atoms with Crippen molar-refractivity contribution in [2.75, 3.05) is 19.8 Å². The summed E-state index contributed by atoms with van der Waals surface area (Å²) in [5, 5.41) is 14.9. The molecular weight excluding hydrogens is 367 g/mol. The smallest absolute Gasteiger partial charge is 0.434 e. The van der Waals surface area contributed by atoms with Gasteiger partial charge in [-0.05, 0) is 37.6 Å². The third-order valence-electron chi connectivity index (χ3n) is 3.53. The molecule has 1 heterocycles. The number of hydrogen-bond acceptors (Lipinski definition) is 5. The quantitative estimate of drug-likeness (QED) is 0.563. The Balaban J connectivity index is 2.33. The minimum absolute atomic E-state index is 0.0322. The molecule has 2 aromatic rings. The van der Waals surface area contributed by atoms with Crippen molar-refractivity contribution in [3.8, 4) is 5.69 Å². The van der Waals surface area contributed by atoms with Crippen LogP contribution in [0.1, 0.15) is 39.8 Å². The van der Waals surface area contributed by atoms with E-state index in [4.69, 9.17) is 5.11 Å². The maximum atomic E-state index is 13.5. The maximum absolute atomic E-state index is 13.5. The molecular formula is C17H18F3N3O4. The minimum Gasteiger partial charge on any atom is -0.462 e. The van der Waals surface area contributed by atoms with E-state index < -0.39 is 29.3 Å². The van der Waals surface area contributed by atoms with Crippen molar-refractivity contribution in [2.45, 2.75) is 19.5 Å². The van der Waals surface area contributed by atoms with E-state index in [1.807, 2.05) is 0 Å². The van der Waals surface area contributed by atoms with Gasteiger partial charge in [-0.15, -0.1) is 0 Å². The molecule has 2 rings (SSSR count). The van der Waals surface area contributed by atoms with Gasteiger partial charge >= 0.3 is 12.1 Å². The Morgan fingerprint density at radius 3 is 2.48 bits per heavy atom. The van der Waals surface area contributed by atoms with Crippen molar-refractivity contribution in [1.29, 1.82) is 0 Å². The number of amides is 1. The van der Waals surface area contributed by atoms with E-state index in [-0.39, 0.29) is 31.0 Å². The largest absolute Gasteiger partial charge is 0.462 e. The monoisotopic (exact) mass is 385 g/mol. The number of rotatable bonds is 7. The Bertz CT molecular complexity index is 801. The molecule has 1 aromatic carbocycles. The van der Waals surface area contributed by atoms with Gasteiger partial charge in [0.15, 0.2) is 5.69 Å². The van der Waals surface area contributed by atoms with E-state index in [0.717, 1.165) is 6.20 Å². The molecule has 0 bridgehead atoms. The normalized spacial score (nSPS) is 11.3. The fraction of sp³-hybridized carbons (Fsp3) is 0.353. The highest BCUT2D eigenvalue weighted by Gasteiger charge is 2.41. The topological polar surface area (TPSA) is 93.5 Å². The molecule has 0 fully saturated rings. The standard InChI is InChI=1S/C17H18F3N3O4/c1-2-27-16(26)13-10-22-23(14(13)17(18,19)20)12-6-4-11(5-7-12)15(25)21-8-3-9-24/h4-7,10,24H,2-3,8-9H2,1H3,(H,21,25). The summed E-state index contributed by atoms with van der Waals surface area (Å²) >= 11 is 0. The van der Waals surface area contributed by atoms with Crippen LogP contribution < -0.4 is 5.32 Å². The van der Waals surface area contributed by atoms with Gasteiger partial charge in [0.05, 0.1) is 18.5 Å². The number of carbonyl (C=O) groups excluding carboxylic acids is 2. The highest BCUT2D eigenvalue weighted by Crippen LogP contribution is 2.34. The van der Waals surface area contributed by atoms with Gasteiger partial charge in [-0.3, -0.25) is 4.79 Å². The molecule has 0 aliphatic carbocycles. The number of nitrogens with zero attached hydrogens (tertiary/aromatic N) is 2. The Labute approximate surface area is 152 Å². The van der Waals surface area contributed by atoms with E-state index in [1.54, 1.807) is 0 Å². The fourth-order valence-corrected chi connectivity index (χ4v) is 2.31. The van der Waals surface area contributed by atoms with E-state index >= 15 is 0 Å². The number of aliphatic hydroxyl groups excluding tert-OH is 1. The molecule has 146 valence electrons. The summed E-state index contributed by atoms with van der Waals surface area (Å²) in [5.41, 5.74) is -1.66. The highest BCUT2D eigenvalue weighted by molar-refractivity contribution is 5.94. The maximum Gasteiger partial charge on any atom is 0.434 e. The Morgan fingerprint density at radius 1 is 1.26 bits per heavy atom. The summed E-state index contributed by atoms with van der Waals surface area (Å²) in [5.74, 6) is -1.53. The number of alkyl halides is 3. The molecule has 0 unspecified atom stereocenters. The summed E-state index contributed by atoms with van der Waals surface area (Å²) in [4.78, 5) is 23.7. The van der Waals surface area contributed by atoms with E-state index in [2.05, 4.69) is 15.2 Å². The zero-order chi connectivity index (χ0) is 20.0. The molecule has 0 spiro atoms. The van der Waals surface area contributed by atoms with Gasteiger partial charge in [0.2, 0.25) is 0 Å². The molecule has 0 saturated heterocycles. The minimum atomic E-state index is -4.83. The molecule has 1 aromatic heterocycles. The van der Waals surface area contributed by atoms with Crippen LogP contribution in [0.4, 0.5) is 13.2 Å². The first kappa shape index (κ1) is 20.4. The summed E-state index contributed by atoms with van der Waals surface area (Å²) in [6.45, 7) is 1.63. The molecule has 0 aliphatic heterocycles. The first-order valence-electron chi connectivity index (χ1n) is 8.11. The summed E-state index contributed by atoms with van der Waals surface area (Å²) in [7, 11) is 0. The lowest BCUT2D eigenvalue weighted by Gasteiger charge is -2.13. The van der Waals surface area contributed by atoms with Crippen molar-refractivity contribution in [2.24, 2.45) is 0 Å². The SMILES string of the molecule is CCOC(=O)c1cnn(-c2ccc(C(=O)NCCCO)cc2)c1C(F)(F)F. The van der Waals surface area contributed by atoms with Crippen molar-refractivity contribution < 1.29 is 32.6 Å². The number of ether oxygens (including phenoxy) is 1. The van der Waals surface area contributed by atoms with Gasteiger partial charge < -0.3 is 15.2 Å². The predicted molar refractivity (Wildman–Crippen MR) is 88.6 cm³/mol. The van der Waals surface area contributed by atoms with Crippen molar-refractivity contribution in [3.05, 3.63) is 47.3 Å². The summed E-state index contributed by atoms with van der Waals surface area (Å²) in [6, 6.07) is 5.27. The first-order chi connectivity index (χ1) is 12.8. The van der Waals surface area contributed by atoms with Crippen LogP contribution >= 0.6 is 0 Å². The molecule has 0 saturated carbocycles. The van der Waals surface area contributed by atoms with Gasteiger partial charge in [0.25, 0.3) is 5.91 Å².